The van der Waals surface area contributed by atoms with Gasteiger partial charge in [-0.15, -0.1) is 0 Å². The fraction of sp³-hybridized carbons (Fsp3) is 0.222. The first-order valence-electron chi connectivity index (χ1n) is 7.47. The van der Waals surface area contributed by atoms with E-state index < -0.39 is 0 Å². The molecule has 0 heterocycles. The van der Waals surface area contributed by atoms with E-state index in [1.807, 2.05) is 26.0 Å². The Morgan fingerprint density at radius 1 is 1.04 bits per heavy atom. The van der Waals surface area contributed by atoms with Gasteiger partial charge in [0, 0.05) is 15.7 Å². The standard InChI is InChI=1S/C18H19BrN2O3S/c1-10-11(2)14(7-6-13(10)19)20-18(25)21-17(22)12-5-8-15(23-3)16(9-12)24-4/h5-9H,1-4H3,(H2,20,21,22,25). The van der Waals surface area contributed by atoms with Crippen LogP contribution in [0.2, 0.25) is 0 Å². The summed E-state index contributed by atoms with van der Waals surface area (Å²) in [5.41, 5.74) is 3.43. The van der Waals surface area contributed by atoms with Gasteiger partial charge in [0.05, 0.1) is 14.2 Å². The van der Waals surface area contributed by atoms with E-state index in [1.165, 1.54) is 7.11 Å². The van der Waals surface area contributed by atoms with Crippen LogP contribution in [0.15, 0.2) is 34.8 Å². The Morgan fingerprint density at radius 2 is 1.72 bits per heavy atom. The summed E-state index contributed by atoms with van der Waals surface area (Å²) in [7, 11) is 3.06. The van der Waals surface area contributed by atoms with Gasteiger partial charge in [-0.1, -0.05) is 15.9 Å². The molecule has 132 valence electrons. The lowest BCUT2D eigenvalue weighted by atomic mass is 10.1. The van der Waals surface area contributed by atoms with Gasteiger partial charge in [0.15, 0.2) is 16.6 Å². The SMILES string of the molecule is COc1ccc(C(=O)NC(=S)Nc2ccc(Br)c(C)c2C)cc1OC. The number of methoxy groups -OCH3 is 2. The fourth-order valence-electron chi connectivity index (χ4n) is 2.23. The van der Waals surface area contributed by atoms with Gasteiger partial charge < -0.3 is 14.8 Å². The molecule has 0 atom stereocenters. The number of hydrogen-bond donors (Lipinski definition) is 2. The van der Waals surface area contributed by atoms with Crippen molar-refractivity contribution in [3.05, 3.63) is 51.5 Å². The first kappa shape index (κ1) is 19.2. The maximum atomic E-state index is 12.4. The molecule has 2 aromatic rings. The Hall–Kier alpha value is -2.12. The van der Waals surface area contributed by atoms with Crippen LogP contribution in [0.1, 0.15) is 21.5 Å². The van der Waals surface area contributed by atoms with Gasteiger partial charge in [-0.05, 0) is 67.5 Å². The van der Waals surface area contributed by atoms with Crippen LogP contribution < -0.4 is 20.1 Å². The third-order valence-electron chi connectivity index (χ3n) is 3.84. The molecule has 0 aliphatic rings. The number of anilines is 1. The summed E-state index contributed by atoms with van der Waals surface area (Å²) in [4.78, 5) is 12.4. The van der Waals surface area contributed by atoms with Crippen molar-refractivity contribution in [2.75, 3.05) is 19.5 Å². The zero-order chi connectivity index (χ0) is 18.6. The highest BCUT2D eigenvalue weighted by Crippen LogP contribution is 2.28. The number of carbonyl (C=O) groups is 1. The summed E-state index contributed by atoms with van der Waals surface area (Å²) >= 11 is 8.74. The zero-order valence-electron chi connectivity index (χ0n) is 14.4. The van der Waals surface area contributed by atoms with E-state index in [2.05, 4.69) is 26.6 Å². The third kappa shape index (κ3) is 4.49. The number of thiocarbonyl (C=S) groups is 1. The molecule has 2 aromatic carbocycles. The summed E-state index contributed by atoms with van der Waals surface area (Å²) in [6.07, 6.45) is 0. The summed E-state index contributed by atoms with van der Waals surface area (Å²) in [6.45, 7) is 4.00. The van der Waals surface area contributed by atoms with Crippen molar-refractivity contribution in [3.8, 4) is 11.5 Å². The van der Waals surface area contributed by atoms with Gasteiger partial charge in [0.1, 0.15) is 0 Å². The Bertz CT molecular complexity index is 824. The average molecular weight is 423 g/mol. The number of carbonyl (C=O) groups excluding carboxylic acids is 1. The maximum Gasteiger partial charge on any atom is 0.257 e. The van der Waals surface area contributed by atoms with Crippen LogP contribution in [0.5, 0.6) is 11.5 Å². The predicted octanol–water partition coefficient (Wildman–Crippen LogP) is 4.21. The average Bonchev–Trinajstić information content (AvgIpc) is 2.61. The largest absolute Gasteiger partial charge is 0.493 e. The van der Waals surface area contributed by atoms with Crippen LogP contribution >= 0.6 is 28.1 Å². The molecule has 0 aliphatic heterocycles. The predicted molar refractivity (Wildman–Crippen MR) is 107 cm³/mol. The molecule has 25 heavy (non-hydrogen) atoms. The van der Waals surface area contributed by atoms with Crippen molar-refractivity contribution >= 4 is 44.9 Å². The maximum absolute atomic E-state index is 12.4. The van der Waals surface area contributed by atoms with E-state index in [0.29, 0.717) is 17.1 Å². The number of hydrogen-bond acceptors (Lipinski definition) is 4. The number of amides is 1. The molecule has 0 saturated heterocycles. The Kier molecular flexibility index (Phi) is 6.39. The van der Waals surface area contributed by atoms with Crippen LogP contribution in [0.3, 0.4) is 0 Å². The number of rotatable bonds is 4. The molecular formula is C18H19BrN2O3S. The normalized spacial score (nSPS) is 10.1. The Balaban J connectivity index is 2.10. The molecule has 0 saturated carbocycles. The van der Waals surface area contributed by atoms with E-state index in [9.17, 15) is 4.79 Å². The molecule has 7 heteroatoms. The Labute approximate surface area is 160 Å². The minimum atomic E-state index is -0.329. The fourth-order valence-corrected chi connectivity index (χ4v) is 2.86. The molecule has 0 bridgehead atoms. The summed E-state index contributed by atoms with van der Waals surface area (Å²) in [6, 6.07) is 8.76. The first-order valence-corrected chi connectivity index (χ1v) is 8.67. The van der Waals surface area contributed by atoms with Crippen molar-refractivity contribution in [1.82, 2.24) is 5.32 Å². The lowest BCUT2D eigenvalue weighted by molar-refractivity contribution is 0.0977. The zero-order valence-corrected chi connectivity index (χ0v) is 16.8. The summed E-state index contributed by atoms with van der Waals surface area (Å²) in [5, 5.41) is 5.95. The molecule has 1 amide bonds. The Morgan fingerprint density at radius 3 is 2.36 bits per heavy atom. The highest BCUT2D eigenvalue weighted by molar-refractivity contribution is 9.10. The van der Waals surface area contributed by atoms with E-state index in [4.69, 9.17) is 21.7 Å². The number of ether oxygens (including phenoxy) is 2. The van der Waals surface area contributed by atoms with Crippen molar-refractivity contribution in [2.45, 2.75) is 13.8 Å². The molecular weight excluding hydrogens is 404 g/mol. The van der Waals surface area contributed by atoms with Crippen molar-refractivity contribution < 1.29 is 14.3 Å². The van der Waals surface area contributed by atoms with Crippen LogP contribution in [0, 0.1) is 13.8 Å². The van der Waals surface area contributed by atoms with Gasteiger partial charge in [-0.25, -0.2) is 0 Å². The molecule has 0 spiro atoms. The van der Waals surface area contributed by atoms with Gasteiger partial charge in [0.25, 0.3) is 5.91 Å². The van der Waals surface area contributed by atoms with Crippen LogP contribution in [-0.2, 0) is 0 Å². The van der Waals surface area contributed by atoms with Crippen LogP contribution in [0.4, 0.5) is 5.69 Å². The molecule has 2 rings (SSSR count). The van der Waals surface area contributed by atoms with E-state index in [1.54, 1.807) is 25.3 Å². The summed E-state index contributed by atoms with van der Waals surface area (Å²) in [5.74, 6) is 0.707. The molecule has 2 N–H and O–H groups in total. The minimum Gasteiger partial charge on any atom is -0.493 e. The van der Waals surface area contributed by atoms with Gasteiger partial charge in [-0.3, -0.25) is 10.1 Å². The smallest absolute Gasteiger partial charge is 0.257 e. The second-order valence-corrected chi connectivity index (χ2v) is 6.59. The molecule has 0 fully saturated rings. The summed E-state index contributed by atoms with van der Waals surface area (Å²) < 4.78 is 11.4. The van der Waals surface area contributed by atoms with Crippen LogP contribution in [-0.4, -0.2) is 25.2 Å². The molecule has 0 radical (unpaired) electrons. The molecule has 0 aromatic heterocycles. The monoisotopic (exact) mass is 422 g/mol. The molecule has 0 unspecified atom stereocenters. The highest BCUT2D eigenvalue weighted by atomic mass is 79.9. The lowest BCUT2D eigenvalue weighted by Crippen LogP contribution is -2.34. The highest BCUT2D eigenvalue weighted by Gasteiger charge is 2.13. The second kappa shape index (κ2) is 8.31. The lowest BCUT2D eigenvalue weighted by Gasteiger charge is -2.14. The number of benzene rings is 2. The van der Waals surface area contributed by atoms with Crippen molar-refractivity contribution in [2.24, 2.45) is 0 Å². The number of nitrogens with one attached hydrogen (secondary N) is 2. The topological polar surface area (TPSA) is 59.6 Å². The first-order chi connectivity index (χ1) is 11.9. The van der Waals surface area contributed by atoms with Gasteiger partial charge >= 0.3 is 0 Å². The minimum absolute atomic E-state index is 0.226. The van der Waals surface area contributed by atoms with E-state index >= 15 is 0 Å². The number of halogens is 1. The second-order valence-electron chi connectivity index (χ2n) is 5.32. The quantitative estimate of drug-likeness (QED) is 0.722. The van der Waals surface area contributed by atoms with Crippen molar-refractivity contribution in [1.29, 1.82) is 0 Å². The third-order valence-corrected chi connectivity index (χ3v) is 4.91. The van der Waals surface area contributed by atoms with Gasteiger partial charge in [-0.2, -0.15) is 0 Å². The van der Waals surface area contributed by atoms with E-state index in [-0.39, 0.29) is 11.0 Å². The van der Waals surface area contributed by atoms with E-state index in [0.717, 1.165) is 21.3 Å². The van der Waals surface area contributed by atoms with Gasteiger partial charge in [0.2, 0.25) is 0 Å². The van der Waals surface area contributed by atoms with Crippen molar-refractivity contribution in [3.63, 3.8) is 0 Å². The van der Waals surface area contributed by atoms with Crippen LogP contribution in [0.25, 0.3) is 0 Å². The molecule has 0 aliphatic carbocycles. The molecule has 5 nitrogen and oxygen atoms in total.